The molecule has 0 heterocycles. The average molecular weight is 314 g/mol. The zero-order valence-electron chi connectivity index (χ0n) is 14.0. The van der Waals surface area contributed by atoms with Gasteiger partial charge >= 0.3 is 0 Å². The zero-order valence-corrected chi connectivity index (χ0v) is 14.0. The third-order valence-electron chi connectivity index (χ3n) is 4.29. The van der Waals surface area contributed by atoms with Crippen LogP contribution in [0.5, 0.6) is 0 Å². The van der Waals surface area contributed by atoms with Crippen molar-refractivity contribution in [1.82, 2.24) is 0 Å². The summed E-state index contributed by atoms with van der Waals surface area (Å²) >= 11 is 0. The number of carbonyl (C=O) groups excluding carboxylic acids is 1. The molecule has 0 bridgehead atoms. The maximum atomic E-state index is 12.8. The standard InChI is InChI=1S/C23H22O/c1-2-3-9-18-14-16-19(17-15-18)21-12-7-8-13-22(21)23(24)20-10-5-4-6-11-20/h4-8,10-17H,2-3,9H2,1H3. The lowest BCUT2D eigenvalue weighted by Gasteiger charge is -2.10. The van der Waals surface area contributed by atoms with E-state index in [0.717, 1.165) is 28.7 Å². The topological polar surface area (TPSA) is 17.1 Å². The molecule has 0 spiro atoms. The molecular weight excluding hydrogens is 292 g/mol. The van der Waals surface area contributed by atoms with Crippen molar-refractivity contribution in [2.75, 3.05) is 0 Å². The fraction of sp³-hybridized carbons (Fsp3) is 0.174. The quantitative estimate of drug-likeness (QED) is 0.516. The fourth-order valence-electron chi connectivity index (χ4n) is 2.91. The first-order valence-corrected chi connectivity index (χ1v) is 8.57. The molecule has 3 rings (SSSR count). The minimum atomic E-state index is 0.0706. The second-order valence-corrected chi connectivity index (χ2v) is 6.04. The first kappa shape index (κ1) is 16.2. The third-order valence-corrected chi connectivity index (χ3v) is 4.29. The molecule has 0 fully saturated rings. The van der Waals surface area contributed by atoms with Gasteiger partial charge in [0, 0.05) is 11.1 Å². The molecule has 0 atom stereocenters. The molecule has 0 N–H and O–H groups in total. The van der Waals surface area contributed by atoms with E-state index in [-0.39, 0.29) is 5.78 Å². The minimum absolute atomic E-state index is 0.0706. The highest BCUT2D eigenvalue weighted by molar-refractivity contribution is 6.12. The van der Waals surface area contributed by atoms with Crippen LogP contribution in [-0.2, 0) is 6.42 Å². The van der Waals surface area contributed by atoms with E-state index in [2.05, 4.69) is 31.2 Å². The van der Waals surface area contributed by atoms with Crippen molar-refractivity contribution >= 4 is 5.78 Å². The van der Waals surface area contributed by atoms with E-state index in [1.165, 1.54) is 18.4 Å². The van der Waals surface area contributed by atoms with Gasteiger partial charge in [-0.25, -0.2) is 0 Å². The Hall–Kier alpha value is -2.67. The van der Waals surface area contributed by atoms with Gasteiger partial charge in [0.1, 0.15) is 0 Å². The van der Waals surface area contributed by atoms with Gasteiger partial charge in [-0.1, -0.05) is 92.2 Å². The van der Waals surface area contributed by atoms with Crippen LogP contribution in [0.15, 0.2) is 78.9 Å². The lowest BCUT2D eigenvalue weighted by Crippen LogP contribution is -2.03. The summed E-state index contributed by atoms with van der Waals surface area (Å²) in [5.74, 6) is 0.0706. The first-order chi connectivity index (χ1) is 11.8. The van der Waals surface area contributed by atoms with Gasteiger partial charge in [0.25, 0.3) is 0 Å². The zero-order chi connectivity index (χ0) is 16.8. The molecule has 0 aromatic heterocycles. The van der Waals surface area contributed by atoms with Crippen LogP contribution in [0.2, 0.25) is 0 Å². The second kappa shape index (κ2) is 7.74. The normalized spacial score (nSPS) is 10.5. The monoisotopic (exact) mass is 314 g/mol. The molecule has 0 aliphatic carbocycles. The first-order valence-electron chi connectivity index (χ1n) is 8.57. The fourth-order valence-corrected chi connectivity index (χ4v) is 2.91. The molecule has 1 nitrogen and oxygen atoms in total. The van der Waals surface area contributed by atoms with Crippen LogP contribution in [0.3, 0.4) is 0 Å². The Morgan fingerprint density at radius 2 is 1.46 bits per heavy atom. The van der Waals surface area contributed by atoms with Crippen LogP contribution in [-0.4, -0.2) is 5.78 Å². The van der Waals surface area contributed by atoms with E-state index < -0.39 is 0 Å². The van der Waals surface area contributed by atoms with E-state index in [1.54, 1.807) is 0 Å². The molecule has 0 radical (unpaired) electrons. The van der Waals surface area contributed by atoms with Crippen LogP contribution in [0.25, 0.3) is 11.1 Å². The predicted molar refractivity (Wildman–Crippen MR) is 100 cm³/mol. The van der Waals surface area contributed by atoms with E-state index in [0.29, 0.717) is 0 Å². The van der Waals surface area contributed by atoms with E-state index in [1.807, 2.05) is 54.6 Å². The molecule has 120 valence electrons. The van der Waals surface area contributed by atoms with Crippen molar-refractivity contribution in [3.63, 3.8) is 0 Å². The number of unbranched alkanes of at least 4 members (excludes halogenated alkanes) is 1. The summed E-state index contributed by atoms with van der Waals surface area (Å²) in [6, 6.07) is 25.9. The van der Waals surface area contributed by atoms with Crippen LogP contribution in [0.4, 0.5) is 0 Å². The summed E-state index contributed by atoms with van der Waals surface area (Å²) in [6.07, 6.45) is 3.53. The van der Waals surface area contributed by atoms with Crippen molar-refractivity contribution < 1.29 is 4.79 Å². The summed E-state index contributed by atoms with van der Waals surface area (Å²) in [7, 11) is 0. The minimum Gasteiger partial charge on any atom is -0.289 e. The van der Waals surface area contributed by atoms with Gasteiger partial charge in [0.05, 0.1) is 0 Å². The smallest absolute Gasteiger partial charge is 0.193 e. The summed E-state index contributed by atoms with van der Waals surface area (Å²) in [6.45, 7) is 2.21. The van der Waals surface area contributed by atoms with Crippen molar-refractivity contribution in [1.29, 1.82) is 0 Å². The molecule has 0 aliphatic heterocycles. The third kappa shape index (κ3) is 3.62. The largest absolute Gasteiger partial charge is 0.289 e. The number of aryl methyl sites for hydroxylation is 1. The Bertz CT molecular complexity index is 801. The Balaban J connectivity index is 1.93. The maximum Gasteiger partial charge on any atom is 0.193 e. The molecule has 0 unspecified atom stereocenters. The highest BCUT2D eigenvalue weighted by atomic mass is 16.1. The van der Waals surface area contributed by atoms with Crippen LogP contribution < -0.4 is 0 Å². The molecule has 1 heteroatoms. The van der Waals surface area contributed by atoms with Crippen LogP contribution in [0.1, 0.15) is 41.3 Å². The molecule has 3 aromatic rings. The number of rotatable bonds is 6. The Labute approximate surface area is 144 Å². The van der Waals surface area contributed by atoms with E-state index >= 15 is 0 Å². The molecule has 24 heavy (non-hydrogen) atoms. The lowest BCUT2D eigenvalue weighted by molar-refractivity contribution is 0.103. The van der Waals surface area contributed by atoms with Crippen LogP contribution >= 0.6 is 0 Å². The van der Waals surface area contributed by atoms with Gasteiger partial charge in [0.2, 0.25) is 0 Å². The summed E-state index contributed by atoms with van der Waals surface area (Å²) in [4.78, 5) is 12.8. The SMILES string of the molecule is CCCCc1ccc(-c2ccccc2C(=O)c2ccccc2)cc1. The van der Waals surface area contributed by atoms with Gasteiger partial charge in [-0.05, 0) is 29.5 Å². The summed E-state index contributed by atoms with van der Waals surface area (Å²) in [5.41, 5.74) is 4.92. The van der Waals surface area contributed by atoms with E-state index in [4.69, 9.17) is 0 Å². The highest BCUT2D eigenvalue weighted by Gasteiger charge is 2.14. The van der Waals surface area contributed by atoms with Crippen molar-refractivity contribution in [3.05, 3.63) is 95.6 Å². The highest BCUT2D eigenvalue weighted by Crippen LogP contribution is 2.26. The number of ketones is 1. The van der Waals surface area contributed by atoms with Gasteiger partial charge in [-0.15, -0.1) is 0 Å². The molecule has 0 saturated carbocycles. The number of hydrogen-bond donors (Lipinski definition) is 0. The number of hydrogen-bond acceptors (Lipinski definition) is 1. The summed E-state index contributed by atoms with van der Waals surface area (Å²) in [5, 5.41) is 0. The molecule has 0 aliphatic rings. The van der Waals surface area contributed by atoms with Gasteiger partial charge in [-0.3, -0.25) is 4.79 Å². The molecular formula is C23H22O. The van der Waals surface area contributed by atoms with Crippen molar-refractivity contribution in [2.45, 2.75) is 26.2 Å². The predicted octanol–water partition coefficient (Wildman–Crippen LogP) is 5.93. The van der Waals surface area contributed by atoms with Gasteiger partial charge < -0.3 is 0 Å². The number of carbonyl (C=O) groups is 1. The van der Waals surface area contributed by atoms with Gasteiger partial charge in [-0.2, -0.15) is 0 Å². The number of benzene rings is 3. The Morgan fingerprint density at radius 3 is 2.17 bits per heavy atom. The van der Waals surface area contributed by atoms with Crippen molar-refractivity contribution in [2.24, 2.45) is 0 Å². The van der Waals surface area contributed by atoms with Gasteiger partial charge in [0.15, 0.2) is 5.78 Å². The Kier molecular flexibility index (Phi) is 5.22. The lowest BCUT2D eigenvalue weighted by atomic mass is 9.93. The average Bonchev–Trinajstić information content (AvgIpc) is 2.67. The maximum absolute atomic E-state index is 12.8. The molecule has 3 aromatic carbocycles. The van der Waals surface area contributed by atoms with E-state index in [9.17, 15) is 4.79 Å². The second-order valence-electron chi connectivity index (χ2n) is 6.04. The summed E-state index contributed by atoms with van der Waals surface area (Å²) < 4.78 is 0. The molecule has 0 saturated heterocycles. The molecule has 0 amide bonds. The van der Waals surface area contributed by atoms with Crippen molar-refractivity contribution in [3.8, 4) is 11.1 Å². The van der Waals surface area contributed by atoms with Crippen LogP contribution in [0, 0.1) is 0 Å². The Morgan fingerprint density at radius 1 is 0.792 bits per heavy atom.